The van der Waals surface area contributed by atoms with Gasteiger partial charge in [0.25, 0.3) is 0 Å². The van der Waals surface area contributed by atoms with Crippen molar-refractivity contribution in [2.75, 3.05) is 5.32 Å². The first-order chi connectivity index (χ1) is 7.34. The molecule has 0 saturated heterocycles. The number of rotatable bonds is 3. The Labute approximate surface area is 87.4 Å². The maximum Gasteiger partial charge on any atom is 0.231 e. The van der Waals surface area contributed by atoms with Crippen molar-refractivity contribution in [2.45, 2.75) is 6.42 Å². The molecular formula is C11H11N3O. The van der Waals surface area contributed by atoms with Crippen molar-refractivity contribution in [2.24, 2.45) is 0 Å². The predicted molar refractivity (Wildman–Crippen MR) is 57.4 cm³/mol. The van der Waals surface area contributed by atoms with E-state index >= 15 is 0 Å². The van der Waals surface area contributed by atoms with Crippen LogP contribution in [0.2, 0.25) is 0 Å². The number of nitrogens with one attached hydrogen (secondary N) is 2. The smallest absolute Gasteiger partial charge is 0.231 e. The van der Waals surface area contributed by atoms with Gasteiger partial charge in [-0.05, 0) is 24.3 Å². The standard InChI is InChI=1S/C11H11N3O/c15-11(8-9-4-3-7-12-9)14-10-5-1-2-6-13-10/h1-7,12H,8H2,(H,13,14,15). The molecule has 2 N–H and O–H groups in total. The normalized spacial score (nSPS) is 9.87. The largest absolute Gasteiger partial charge is 0.365 e. The van der Waals surface area contributed by atoms with Crippen LogP contribution in [0.15, 0.2) is 42.7 Å². The Kier molecular flexibility index (Phi) is 2.78. The molecule has 1 amide bonds. The van der Waals surface area contributed by atoms with E-state index in [1.807, 2.05) is 18.2 Å². The van der Waals surface area contributed by atoms with Crippen molar-refractivity contribution in [3.63, 3.8) is 0 Å². The summed E-state index contributed by atoms with van der Waals surface area (Å²) in [6.07, 6.45) is 3.78. The minimum absolute atomic E-state index is 0.0730. The highest BCUT2D eigenvalue weighted by molar-refractivity contribution is 5.91. The zero-order valence-corrected chi connectivity index (χ0v) is 8.10. The van der Waals surface area contributed by atoms with Gasteiger partial charge in [0.1, 0.15) is 5.82 Å². The highest BCUT2D eigenvalue weighted by Gasteiger charge is 2.04. The fourth-order valence-electron chi connectivity index (χ4n) is 1.27. The Bertz CT molecular complexity index is 422. The third kappa shape index (κ3) is 2.67. The molecule has 0 fully saturated rings. The number of nitrogens with zero attached hydrogens (tertiary/aromatic N) is 1. The third-order valence-corrected chi connectivity index (χ3v) is 1.95. The molecule has 4 heteroatoms. The first-order valence-electron chi connectivity index (χ1n) is 4.68. The van der Waals surface area contributed by atoms with Gasteiger partial charge in [0.05, 0.1) is 6.42 Å². The second-order valence-corrected chi connectivity index (χ2v) is 3.14. The molecular weight excluding hydrogens is 190 g/mol. The first kappa shape index (κ1) is 9.45. The van der Waals surface area contributed by atoms with Gasteiger partial charge in [-0.1, -0.05) is 6.07 Å². The molecule has 0 bridgehead atoms. The van der Waals surface area contributed by atoms with E-state index in [1.54, 1.807) is 24.5 Å². The summed E-state index contributed by atoms with van der Waals surface area (Å²) in [6.45, 7) is 0. The minimum atomic E-state index is -0.0730. The molecule has 0 aliphatic heterocycles. The quantitative estimate of drug-likeness (QED) is 0.792. The Morgan fingerprint density at radius 3 is 2.93 bits per heavy atom. The number of aromatic amines is 1. The SMILES string of the molecule is O=C(Cc1ccc[nH]1)Nc1ccccn1. The first-order valence-corrected chi connectivity index (χ1v) is 4.68. The molecule has 0 aromatic carbocycles. The van der Waals surface area contributed by atoms with E-state index in [9.17, 15) is 4.79 Å². The molecule has 0 unspecified atom stereocenters. The monoisotopic (exact) mass is 201 g/mol. The van der Waals surface area contributed by atoms with Gasteiger partial charge in [-0.3, -0.25) is 4.79 Å². The van der Waals surface area contributed by atoms with Crippen molar-refractivity contribution in [1.29, 1.82) is 0 Å². The van der Waals surface area contributed by atoms with E-state index in [1.165, 1.54) is 0 Å². The maximum atomic E-state index is 11.5. The van der Waals surface area contributed by atoms with Gasteiger partial charge in [0.15, 0.2) is 0 Å². The topological polar surface area (TPSA) is 57.8 Å². The Morgan fingerprint density at radius 1 is 1.33 bits per heavy atom. The molecule has 2 rings (SSSR count). The summed E-state index contributed by atoms with van der Waals surface area (Å²) in [7, 11) is 0. The molecule has 0 atom stereocenters. The van der Waals surface area contributed by atoms with Crippen molar-refractivity contribution < 1.29 is 4.79 Å². The van der Waals surface area contributed by atoms with Crippen LogP contribution in [-0.2, 0) is 11.2 Å². The molecule has 0 spiro atoms. The highest BCUT2D eigenvalue weighted by atomic mass is 16.1. The summed E-state index contributed by atoms with van der Waals surface area (Å²) in [5.41, 5.74) is 0.892. The Balaban J connectivity index is 1.94. The summed E-state index contributed by atoms with van der Waals surface area (Å²) in [5.74, 6) is 0.505. The number of pyridine rings is 1. The van der Waals surface area contributed by atoms with Crippen LogP contribution in [0.3, 0.4) is 0 Å². The van der Waals surface area contributed by atoms with Crippen LogP contribution in [0.5, 0.6) is 0 Å². The number of anilines is 1. The van der Waals surface area contributed by atoms with E-state index in [-0.39, 0.29) is 5.91 Å². The molecule has 2 aromatic rings. The summed E-state index contributed by atoms with van der Waals surface area (Å²) in [4.78, 5) is 18.5. The lowest BCUT2D eigenvalue weighted by atomic mass is 10.3. The van der Waals surface area contributed by atoms with Gasteiger partial charge in [-0.25, -0.2) is 4.98 Å². The van der Waals surface area contributed by atoms with E-state index in [0.29, 0.717) is 12.2 Å². The molecule has 76 valence electrons. The van der Waals surface area contributed by atoms with E-state index < -0.39 is 0 Å². The van der Waals surface area contributed by atoms with E-state index in [4.69, 9.17) is 0 Å². The zero-order chi connectivity index (χ0) is 10.5. The summed E-state index contributed by atoms with van der Waals surface area (Å²) in [6, 6.07) is 9.13. The van der Waals surface area contributed by atoms with Crippen LogP contribution in [0.4, 0.5) is 5.82 Å². The van der Waals surface area contributed by atoms with E-state index in [0.717, 1.165) is 5.69 Å². The van der Waals surface area contributed by atoms with Crippen LogP contribution in [0.25, 0.3) is 0 Å². The predicted octanol–water partition coefficient (Wildman–Crippen LogP) is 1.59. The average Bonchev–Trinajstić information content (AvgIpc) is 2.71. The Hall–Kier alpha value is -2.10. The zero-order valence-electron chi connectivity index (χ0n) is 8.10. The molecule has 0 saturated carbocycles. The molecule has 4 nitrogen and oxygen atoms in total. The van der Waals surface area contributed by atoms with Gasteiger partial charge < -0.3 is 10.3 Å². The number of amides is 1. The van der Waals surface area contributed by atoms with Crippen molar-refractivity contribution in [1.82, 2.24) is 9.97 Å². The lowest BCUT2D eigenvalue weighted by molar-refractivity contribution is -0.115. The van der Waals surface area contributed by atoms with Crippen molar-refractivity contribution in [3.8, 4) is 0 Å². The van der Waals surface area contributed by atoms with Gasteiger partial charge >= 0.3 is 0 Å². The molecule has 2 heterocycles. The van der Waals surface area contributed by atoms with Gasteiger partial charge in [0.2, 0.25) is 5.91 Å². The molecule has 0 aliphatic rings. The number of aromatic nitrogens is 2. The molecule has 15 heavy (non-hydrogen) atoms. The van der Waals surface area contributed by atoms with Crippen LogP contribution in [0.1, 0.15) is 5.69 Å². The van der Waals surface area contributed by atoms with Crippen LogP contribution < -0.4 is 5.32 Å². The number of H-pyrrole nitrogens is 1. The second-order valence-electron chi connectivity index (χ2n) is 3.14. The summed E-state index contributed by atoms with van der Waals surface area (Å²) < 4.78 is 0. The van der Waals surface area contributed by atoms with Crippen LogP contribution in [-0.4, -0.2) is 15.9 Å². The summed E-state index contributed by atoms with van der Waals surface area (Å²) >= 11 is 0. The summed E-state index contributed by atoms with van der Waals surface area (Å²) in [5, 5.41) is 2.71. The number of hydrogen-bond acceptors (Lipinski definition) is 2. The maximum absolute atomic E-state index is 11.5. The number of carbonyl (C=O) groups excluding carboxylic acids is 1. The highest BCUT2D eigenvalue weighted by Crippen LogP contribution is 2.02. The van der Waals surface area contributed by atoms with Gasteiger partial charge in [-0.15, -0.1) is 0 Å². The lowest BCUT2D eigenvalue weighted by Gasteiger charge is -2.02. The van der Waals surface area contributed by atoms with Crippen LogP contribution in [0, 0.1) is 0 Å². The van der Waals surface area contributed by atoms with Crippen molar-refractivity contribution in [3.05, 3.63) is 48.4 Å². The Morgan fingerprint density at radius 2 is 2.27 bits per heavy atom. The molecule has 2 aromatic heterocycles. The fraction of sp³-hybridized carbons (Fsp3) is 0.0909. The molecule has 0 radical (unpaired) electrons. The van der Waals surface area contributed by atoms with E-state index in [2.05, 4.69) is 15.3 Å². The lowest BCUT2D eigenvalue weighted by Crippen LogP contribution is -2.15. The fourth-order valence-corrected chi connectivity index (χ4v) is 1.27. The number of carbonyl (C=O) groups is 1. The van der Waals surface area contributed by atoms with Crippen LogP contribution >= 0.6 is 0 Å². The second kappa shape index (κ2) is 4.41. The van der Waals surface area contributed by atoms with Gasteiger partial charge in [-0.2, -0.15) is 0 Å². The number of hydrogen-bond donors (Lipinski definition) is 2. The van der Waals surface area contributed by atoms with Crippen molar-refractivity contribution >= 4 is 11.7 Å². The minimum Gasteiger partial charge on any atom is -0.365 e. The van der Waals surface area contributed by atoms with Gasteiger partial charge in [0, 0.05) is 18.1 Å². The average molecular weight is 201 g/mol. The third-order valence-electron chi connectivity index (χ3n) is 1.95. The molecule has 0 aliphatic carbocycles.